The van der Waals surface area contributed by atoms with Gasteiger partial charge in [0.15, 0.2) is 0 Å². The van der Waals surface area contributed by atoms with Gasteiger partial charge in [0.05, 0.1) is 19.8 Å². The third-order valence-electron chi connectivity index (χ3n) is 0.842. The molecule has 1 heterocycles. The molecule has 0 aromatic rings. The van der Waals surface area contributed by atoms with Crippen LogP contribution in [0.3, 0.4) is 0 Å². The Labute approximate surface area is 42.4 Å². The molecule has 42 valence electrons. The lowest BCUT2D eigenvalue weighted by Crippen LogP contribution is -2.35. The van der Waals surface area contributed by atoms with Crippen molar-refractivity contribution in [3.05, 3.63) is 0 Å². The molecule has 0 aromatic carbocycles. The third kappa shape index (κ3) is 1.43. The number of ether oxygens (including phenoxy) is 2. The van der Waals surface area contributed by atoms with Crippen LogP contribution in [0.25, 0.3) is 0 Å². The summed E-state index contributed by atoms with van der Waals surface area (Å²) in [6.45, 7) is 1.87. The van der Waals surface area contributed by atoms with Gasteiger partial charge in [-0.1, -0.05) is 0 Å². The van der Waals surface area contributed by atoms with E-state index in [0.717, 1.165) is 0 Å². The number of nitrogens with two attached hydrogens (primary N) is 1. The van der Waals surface area contributed by atoms with Crippen molar-refractivity contribution in [3.63, 3.8) is 0 Å². The molecule has 1 aliphatic rings. The van der Waals surface area contributed by atoms with E-state index in [1.54, 1.807) is 0 Å². The van der Waals surface area contributed by atoms with E-state index in [-0.39, 0.29) is 6.23 Å². The Kier molecular flexibility index (Phi) is 1.62. The molecule has 0 aliphatic carbocycles. The zero-order chi connectivity index (χ0) is 5.11. The lowest BCUT2D eigenvalue weighted by molar-refractivity contribution is -0.0849. The van der Waals surface area contributed by atoms with Crippen LogP contribution in [0, 0.1) is 0 Å². The number of hydrogen-bond donors (Lipinski definition) is 1. The minimum Gasteiger partial charge on any atom is -0.375 e. The van der Waals surface area contributed by atoms with Gasteiger partial charge in [0.1, 0.15) is 6.23 Å². The minimum atomic E-state index is -0.186. The van der Waals surface area contributed by atoms with Gasteiger partial charge in [0.25, 0.3) is 0 Å². The van der Waals surface area contributed by atoms with Crippen molar-refractivity contribution in [2.24, 2.45) is 5.73 Å². The molecule has 1 fully saturated rings. The van der Waals surface area contributed by atoms with Crippen molar-refractivity contribution in [2.75, 3.05) is 19.8 Å². The maximum atomic E-state index is 5.29. The highest BCUT2D eigenvalue weighted by atomic mass is 16.6. The van der Waals surface area contributed by atoms with Crippen LogP contribution >= 0.6 is 0 Å². The van der Waals surface area contributed by atoms with E-state index < -0.39 is 0 Å². The van der Waals surface area contributed by atoms with Gasteiger partial charge in [-0.3, -0.25) is 0 Å². The van der Waals surface area contributed by atoms with Crippen molar-refractivity contribution >= 4 is 0 Å². The van der Waals surface area contributed by atoms with Crippen molar-refractivity contribution in [2.45, 2.75) is 6.23 Å². The summed E-state index contributed by atoms with van der Waals surface area (Å²) in [4.78, 5) is 0. The summed E-state index contributed by atoms with van der Waals surface area (Å²) in [6, 6.07) is 0. The van der Waals surface area contributed by atoms with Crippen LogP contribution < -0.4 is 5.73 Å². The van der Waals surface area contributed by atoms with Gasteiger partial charge in [-0.05, 0) is 0 Å². The van der Waals surface area contributed by atoms with Gasteiger partial charge < -0.3 is 15.2 Å². The number of hydrogen-bond acceptors (Lipinski definition) is 3. The highest BCUT2D eigenvalue weighted by Gasteiger charge is 2.06. The van der Waals surface area contributed by atoms with Crippen LogP contribution in [-0.4, -0.2) is 26.0 Å². The first-order valence-electron chi connectivity index (χ1n) is 2.34. The van der Waals surface area contributed by atoms with Crippen molar-refractivity contribution < 1.29 is 9.47 Å². The Morgan fingerprint density at radius 2 is 2.29 bits per heavy atom. The second-order valence-corrected chi connectivity index (χ2v) is 1.48. The lowest BCUT2D eigenvalue weighted by atomic mass is 10.6. The zero-order valence-electron chi connectivity index (χ0n) is 4.09. The molecule has 2 N–H and O–H groups in total. The molecule has 0 aromatic heterocycles. The van der Waals surface area contributed by atoms with Crippen LogP contribution in [0.5, 0.6) is 0 Å². The summed E-state index contributed by atoms with van der Waals surface area (Å²) >= 11 is 0. The monoisotopic (exact) mass is 103 g/mol. The fraction of sp³-hybridized carbons (Fsp3) is 1.00. The summed E-state index contributed by atoms with van der Waals surface area (Å²) in [5.74, 6) is 0. The number of rotatable bonds is 0. The molecular weight excluding hydrogens is 94.0 g/mol. The van der Waals surface area contributed by atoms with Gasteiger partial charge >= 0.3 is 0 Å². The second-order valence-electron chi connectivity index (χ2n) is 1.48. The maximum absolute atomic E-state index is 5.29. The van der Waals surface area contributed by atoms with Gasteiger partial charge in [0.2, 0.25) is 0 Å². The molecule has 1 unspecified atom stereocenters. The summed E-state index contributed by atoms with van der Waals surface area (Å²) in [6.07, 6.45) is -0.186. The minimum absolute atomic E-state index is 0.186. The summed E-state index contributed by atoms with van der Waals surface area (Å²) in [7, 11) is 0. The molecule has 3 nitrogen and oxygen atoms in total. The van der Waals surface area contributed by atoms with E-state index in [2.05, 4.69) is 0 Å². The first-order valence-corrected chi connectivity index (χ1v) is 2.34. The summed E-state index contributed by atoms with van der Waals surface area (Å²) < 4.78 is 9.86. The maximum Gasteiger partial charge on any atom is 0.129 e. The Bertz CT molecular complexity index is 51.7. The fourth-order valence-corrected chi connectivity index (χ4v) is 0.506. The Balaban J connectivity index is 2.12. The summed E-state index contributed by atoms with van der Waals surface area (Å²) in [5.41, 5.74) is 5.29. The molecule has 7 heavy (non-hydrogen) atoms. The van der Waals surface area contributed by atoms with Gasteiger partial charge in [0, 0.05) is 0 Å². The molecule has 3 heteroatoms. The molecule has 0 amide bonds. The van der Waals surface area contributed by atoms with Crippen LogP contribution in [0.4, 0.5) is 0 Å². The van der Waals surface area contributed by atoms with E-state index >= 15 is 0 Å². The smallest absolute Gasteiger partial charge is 0.129 e. The molecule has 1 aliphatic heterocycles. The fourth-order valence-electron chi connectivity index (χ4n) is 0.506. The molecule has 0 bridgehead atoms. The zero-order valence-corrected chi connectivity index (χ0v) is 4.09. The van der Waals surface area contributed by atoms with Crippen LogP contribution in [0.2, 0.25) is 0 Å². The Morgan fingerprint density at radius 1 is 1.43 bits per heavy atom. The van der Waals surface area contributed by atoms with E-state index in [9.17, 15) is 0 Å². The Morgan fingerprint density at radius 3 is 2.57 bits per heavy atom. The lowest BCUT2D eigenvalue weighted by Gasteiger charge is -2.18. The van der Waals surface area contributed by atoms with E-state index in [1.165, 1.54) is 0 Å². The third-order valence-corrected chi connectivity index (χ3v) is 0.842. The molecule has 0 radical (unpaired) electrons. The van der Waals surface area contributed by atoms with E-state index in [1.807, 2.05) is 0 Å². The van der Waals surface area contributed by atoms with E-state index in [0.29, 0.717) is 19.8 Å². The van der Waals surface area contributed by atoms with Gasteiger partial charge in [-0.2, -0.15) is 0 Å². The van der Waals surface area contributed by atoms with Crippen LogP contribution in [0.15, 0.2) is 0 Å². The molecule has 0 saturated carbocycles. The normalized spacial score (nSPS) is 33.0. The molecule has 1 saturated heterocycles. The van der Waals surface area contributed by atoms with Crippen molar-refractivity contribution in [3.8, 4) is 0 Å². The summed E-state index contributed by atoms with van der Waals surface area (Å²) in [5, 5.41) is 0. The van der Waals surface area contributed by atoms with Crippen molar-refractivity contribution in [1.29, 1.82) is 0 Å². The molecule has 1 rings (SSSR count). The topological polar surface area (TPSA) is 44.5 Å². The standard InChI is InChI=1S/C4H9NO2/c5-4-3-6-1-2-7-4/h4H,1-3,5H2. The highest BCUT2D eigenvalue weighted by molar-refractivity contribution is 4.49. The van der Waals surface area contributed by atoms with Crippen LogP contribution in [0.1, 0.15) is 0 Å². The molecular formula is C4H9NO2. The highest BCUT2D eigenvalue weighted by Crippen LogP contribution is 1.91. The quantitative estimate of drug-likeness (QED) is 0.441. The van der Waals surface area contributed by atoms with Crippen LogP contribution in [-0.2, 0) is 9.47 Å². The average molecular weight is 103 g/mol. The average Bonchev–Trinajstić information content (AvgIpc) is 1.69. The van der Waals surface area contributed by atoms with E-state index in [4.69, 9.17) is 15.2 Å². The van der Waals surface area contributed by atoms with Gasteiger partial charge in [-0.15, -0.1) is 0 Å². The van der Waals surface area contributed by atoms with Crippen molar-refractivity contribution in [1.82, 2.24) is 0 Å². The Hall–Kier alpha value is -0.120. The molecule has 1 atom stereocenters. The molecule has 0 spiro atoms. The van der Waals surface area contributed by atoms with Gasteiger partial charge in [-0.25, -0.2) is 0 Å². The SMILES string of the molecule is NC1COCCO1. The largest absolute Gasteiger partial charge is 0.375 e. The predicted molar refractivity (Wildman–Crippen MR) is 24.7 cm³/mol. The predicted octanol–water partition coefficient (Wildman–Crippen LogP) is -0.682. The second kappa shape index (κ2) is 2.26. The first-order chi connectivity index (χ1) is 3.39. The first kappa shape index (κ1) is 5.03.